The van der Waals surface area contributed by atoms with Gasteiger partial charge in [0.1, 0.15) is 5.60 Å². The van der Waals surface area contributed by atoms with Gasteiger partial charge in [0, 0.05) is 13.0 Å². The lowest BCUT2D eigenvalue weighted by atomic mass is 9.95. The number of alkyl carbamates (subject to hydrolysis) is 1. The first-order valence-corrected chi connectivity index (χ1v) is 16.6. The van der Waals surface area contributed by atoms with Crippen molar-refractivity contribution in [1.29, 1.82) is 0 Å². The second-order valence-electron chi connectivity index (χ2n) is 12.4. The van der Waals surface area contributed by atoms with Gasteiger partial charge < -0.3 is 19.7 Å². The van der Waals surface area contributed by atoms with Crippen LogP contribution in [0.5, 0.6) is 0 Å². The zero-order valence-electron chi connectivity index (χ0n) is 26.9. The van der Waals surface area contributed by atoms with E-state index < -0.39 is 5.60 Å². The van der Waals surface area contributed by atoms with Gasteiger partial charge in [-0.15, -0.1) is 0 Å². The summed E-state index contributed by atoms with van der Waals surface area (Å²) < 4.78 is 10.8. The van der Waals surface area contributed by atoms with E-state index >= 15 is 0 Å². The SMILES string of the molecule is CCCCCCCCN(CCCCCCCC(=O)OCCC(CCC)CCC)CCCNC(=O)OC(C)(C)C. The molecule has 0 spiro atoms. The van der Waals surface area contributed by atoms with Gasteiger partial charge in [-0.05, 0) is 78.4 Å². The van der Waals surface area contributed by atoms with Crippen LogP contribution < -0.4 is 5.32 Å². The third-order valence-electron chi connectivity index (χ3n) is 7.19. The summed E-state index contributed by atoms with van der Waals surface area (Å²) in [5, 5.41) is 2.89. The number of carbonyl (C=O) groups is 2. The van der Waals surface area contributed by atoms with E-state index in [1.54, 1.807) is 0 Å². The molecule has 0 radical (unpaired) electrons. The van der Waals surface area contributed by atoms with E-state index in [9.17, 15) is 9.59 Å². The van der Waals surface area contributed by atoms with Gasteiger partial charge in [-0.1, -0.05) is 97.8 Å². The Morgan fingerprint density at radius 2 is 1.23 bits per heavy atom. The minimum atomic E-state index is -0.458. The number of carbonyl (C=O) groups excluding carboxylic acids is 2. The molecule has 6 nitrogen and oxygen atoms in total. The Kier molecular flexibility index (Phi) is 24.8. The topological polar surface area (TPSA) is 67.9 Å². The van der Waals surface area contributed by atoms with Gasteiger partial charge >= 0.3 is 12.1 Å². The maximum absolute atomic E-state index is 12.1. The minimum absolute atomic E-state index is 0.0214. The quantitative estimate of drug-likeness (QED) is 0.0853. The van der Waals surface area contributed by atoms with Crippen molar-refractivity contribution in [3.8, 4) is 0 Å². The van der Waals surface area contributed by atoms with Crippen LogP contribution in [0.4, 0.5) is 4.79 Å². The van der Waals surface area contributed by atoms with Crippen LogP contribution >= 0.6 is 0 Å². The molecule has 1 N–H and O–H groups in total. The maximum atomic E-state index is 12.1. The van der Waals surface area contributed by atoms with Crippen molar-refractivity contribution in [2.45, 2.75) is 163 Å². The fraction of sp³-hybridized carbons (Fsp3) is 0.939. The molecule has 0 aromatic heterocycles. The normalized spacial score (nSPS) is 11.8. The zero-order chi connectivity index (χ0) is 29.2. The Bertz CT molecular complexity index is 571. The molecule has 0 rings (SSSR count). The van der Waals surface area contributed by atoms with Crippen LogP contribution in [0.3, 0.4) is 0 Å². The largest absolute Gasteiger partial charge is 0.466 e. The molecule has 0 heterocycles. The highest BCUT2D eigenvalue weighted by Crippen LogP contribution is 2.18. The van der Waals surface area contributed by atoms with Crippen molar-refractivity contribution < 1.29 is 19.1 Å². The number of esters is 1. The van der Waals surface area contributed by atoms with Gasteiger partial charge in [0.15, 0.2) is 0 Å². The van der Waals surface area contributed by atoms with Gasteiger partial charge in [0.25, 0.3) is 0 Å². The molecule has 0 saturated carbocycles. The Labute approximate surface area is 242 Å². The van der Waals surface area contributed by atoms with Crippen molar-refractivity contribution in [3.05, 3.63) is 0 Å². The molecule has 0 unspecified atom stereocenters. The average Bonchev–Trinajstić information content (AvgIpc) is 2.86. The first-order chi connectivity index (χ1) is 18.7. The molecule has 0 aliphatic carbocycles. The van der Waals surface area contributed by atoms with Crippen LogP contribution in [0.2, 0.25) is 0 Å². The lowest BCUT2D eigenvalue weighted by molar-refractivity contribution is -0.144. The standard InChI is InChI=1S/C33H66N2O4/c1-7-10-11-12-15-18-26-35(28-20-25-34-32(37)39-33(4,5)6)27-19-16-13-14-17-23-31(36)38-29-24-30(21-8-2)22-9-3/h30H,7-29H2,1-6H3,(H,34,37). The Balaban J connectivity index is 4.09. The van der Waals surface area contributed by atoms with Crippen LogP contribution in [0, 0.1) is 5.92 Å². The summed E-state index contributed by atoms with van der Waals surface area (Å²) in [6, 6.07) is 0. The van der Waals surface area contributed by atoms with E-state index in [1.807, 2.05) is 20.8 Å². The molecule has 0 atom stereocenters. The lowest BCUT2D eigenvalue weighted by Gasteiger charge is -2.23. The highest BCUT2D eigenvalue weighted by atomic mass is 16.6. The molecular formula is C33H66N2O4. The summed E-state index contributed by atoms with van der Waals surface area (Å²) >= 11 is 0. The van der Waals surface area contributed by atoms with E-state index in [2.05, 4.69) is 31.0 Å². The summed E-state index contributed by atoms with van der Waals surface area (Å²) in [6.45, 7) is 16.9. The number of hydrogen-bond acceptors (Lipinski definition) is 5. The highest BCUT2D eigenvalue weighted by molar-refractivity contribution is 5.69. The minimum Gasteiger partial charge on any atom is -0.466 e. The van der Waals surface area contributed by atoms with Crippen LogP contribution in [0.25, 0.3) is 0 Å². The van der Waals surface area contributed by atoms with E-state index in [-0.39, 0.29) is 12.1 Å². The van der Waals surface area contributed by atoms with E-state index in [1.165, 1.54) is 83.5 Å². The fourth-order valence-electron chi connectivity index (χ4n) is 5.05. The monoisotopic (exact) mass is 555 g/mol. The van der Waals surface area contributed by atoms with Crippen LogP contribution in [0.1, 0.15) is 157 Å². The van der Waals surface area contributed by atoms with Gasteiger partial charge in [0.05, 0.1) is 6.61 Å². The number of nitrogens with zero attached hydrogens (tertiary/aromatic N) is 1. The summed E-state index contributed by atoms with van der Waals surface area (Å²) in [6.07, 6.45) is 20.6. The molecule has 0 aromatic rings. The van der Waals surface area contributed by atoms with Crippen molar-refractivity contribution >= 4 is 12.1 Å². The van der Waals surface area contributed by atoms with Crippen molar-refractivity contribution in [2.24, 2.45) is 5.92 Å². The first-order valence-electron chi connectivity index (χ1n) is 16.6. The predicted molar refractivity (Wildman–Crippen MR) is 165 cm³/mol. The van der Waals surface area contributed by atoms with E-state index in [0.717, 1.165) is 45.3 Å². The lowest BCUT2D eigenvalue weighted by Crippen LogP contribution is -2.35. The van der Waals surface area contributed by atoms with E-state index in [4.69, 9.17) is 9.47 Å². The number of rotatable bonds is 26. The Morgan fingerprint density at radius 1 is 0.692 bits per heavy atom. The van der Waals surface area contributed by atoms with Crippen LogP contribution in [-0.2, 0) is 14.3 Å². The van der Waals surface area contributed by atoms with Gasteiger partial charge in [0.2, 0.25) is 0 Å². The molecule has 6 heteroatoms. The van der Waals surface area contributed by atoms with E-state index in [0.29, 0.717) is 25.5 Å². The smallest absolute Gasteiger partial charge is 0.407 e. The third kappa shape index (κ3) is 26.7. The van der Waals surface area contributed by atoms with Crippen molar-refractivity contribution in [2.75, 3.05) is 32.8 Å². The summed E-state index contributed by atoms with van der Waals surface area (Å²) in [5.74, 6) is 0.682. The highest BCUT2D eigenvalue weighted by Gasteiger charge is 2.15. The van der Waals surface area contributed by atoms with Gasteiger partial charge in [-0.3, -0.25) is 4.79 Å². The predicted octanol–water partition coefficient (Wildman–Crippen LogP) is 9.05. The number of ether oxygens (including phenoxy) is 2. The number of hydrogen-bond donors (Lipinski definition) is 1. The molecule has 1 amide bonds. The third-order valence-corrected chi connectivity index (χ3v) is 7.19. The summed E-state index contributed by atoms with van der Waals surface area (Å²) in [5.41, 5.74) is -0.458. The Morgan fingerprint density at radius 3 is 1.79 bits per heavy atom. The van der Waals surface area contributed by atoms with Crippen molar-refractivity contribution in [1.82, 2.24) is 10.2 Å². The summed E-state index contributed by atoms with van der Waals surface area (Å²) in [4.78, 5) is 26.5. The molecule has 0 bridgehead atoms. The second-order valence-corrected chi connectivity index (χ2v) is 12.4. The molecule has 0 aromatic carbocycles. The molecule has 39 heavy (non-hydrogen) atoms. The maximum Gasteiger partial charge on any atom is 0.407 e. The molecule has 0 fully saturated rings. The molecular weight excluding hydrogens is 488 g/mol. The van der Waals surface area contributed by atoms with Gasteiger partial charge in [-0.25, -0.2) is 4.79 Å². The number of nitrogens with one attached hydrogen (secondary N) is 1. The molecule has 0 aliphatic heterocycles. The first kappa shape index (κ1) is 37.7. The number of amides is 1. The van der Waals surface area contributed by atoms with Gasteiger partial charge in [-0.2, -0.15) is 0 Å². The van der Waals surface area contributed by atoms with Crippen LogP contribution in [0.15, 0.2) is 0 Å². The van der Waals surface area contributed by atoms with Crippen molar-refractivity contribution in [3.63, 3.8) is 0 Å². The molecule has 0 saturated heterocycles. The summed E-state index contributed by atoms with van der Waals surface area (Å²) in [7, 11) is 0. The fourth-order valence-corrected chi connectivity index (χ4v) is 5.05. The second kappa shape index (κ2) is 25.7. The van der Waals surface area contributed by atoms with Crippen LogP contribution in [-0.4, -0.2) is 55.3 Å². The Hall–Kier alpha value is -1.30. The molecule has 232 valence electrons. The average molecular weight is 555 g/mol. The molecule has 0 aliphatic rings. The zero-order valence-corrected chi connectivity index (χ0v) is 26.9. The number of unbranched alkanes of at least 4 members (excludes halogenated alkanes) is 9.